The van der Waals surface area contributed by atoms with Crippen molar-refractivity contribution in [2.45, 2.75) is 29.1 Å². The van der Waals surface area contributed by atoms with Gasteiger partial charge in [-0.15, -0.1) is 0 Å². The van der Waals surface area contributed by atoms with Crippen molar-refractivity contribution in [1.29, 1.82) is 0 Å². The smallest absolute Gasteiger partial charge is 0.188 e. The molecule has 2 aromatic carbocycles. The summed E-state index contributed by atoms with van der Waals surface area (Å²) < 4.78 is 21.7. The highest BCUT2D eigenvalue weighted by Crippen LogP contribution is 2.47. The second kappa shape index (κ2) is 8.23. The zero-order chi connectivity index (χ0) is 17.7. The molecule has 5 heteroatoms. The topological polar surface area (TPSA) is 36.9 Å². The minimum Gasteiger partial charge on any atom is -0.468 e. The first kappa shape index (κ1) is 18.3. The third-order valence-corrected chi connectivity index (χ3v) is 6.00. The number of benzene rings is 2. The van der Waals surface area contributed by atoms with Crippen LogP contribution in [0.15, 0.2) is 53.4 Å². The number of methoxy groups -OCH3 is 2. The second-order valence-electron chi connectivity index (χ2n) is 6.30. The van der Waals surface area contributed by atoms with Gasteiger partial charge in [0.2, 0.25) is 0 Å². The van der Waals surface area contributed by atoms with Crippen LogP contribution in [0.5, 0.6) is 5.75 Å². The highest BCUT2D eigenvalue weighted by atomic mass is 32.2. The average molecular weight is 360 g/mol. The lowest BCUT2D eigenvalue weighted by Crippen LogP contribution is -2.41. The minimum atomic E-state index is -0.155. The molecule has 0 fully saturated rings. The molecule has 2 unspecified atom stereocenters. The van der Waals surface area contributed by atoms with Crippen molar-refractivity contribution in [3.8, 4) is 5.75 Å². The third-order valence-electron chi connectivity index (χ3n) is 4.48. The molecule has 1 aliphatic heterocycles. The first-order valence-corrected chi connectivity index (χ1v) is 9.13. The number of hydrogen-bond donors (Lipinski definition) is 0. The lowest BCUT2D eigenvalue weighted by molar-refractivity contribution is -0.0630. The fourth-order valence-electron chi connectivity index (χ4n) is 3.13. The Labute approximate surface area is 153 Å². The lowest BCUT2D eigenvalue weighted by atomic mass is 9.77. The first-order valence-electron chi connectivity index (χ1n) is 8.25. The van der Waals surface area contributed by atoms with E-state index in [4.69, 9.17) is 18.9 Å². The molecule has 4 nitrogen and oxygen atoms in total. The molecule has 1 heterocycles. The van der Waals surface area contributed by atoms with Crippen molar-refractivity contribution in [3.05, 3.63) is 59.7 Å². The first-order chi connectivity index (χ1) is 12.2. The average Bonchev–Trinajstić information content (AvgIpc) is 2.65. The maximum atomic E-state index is 6.04. The molecule has 0 saturated carbocycles. The van der Waals surface area contributed by atoms with E-state index >= 15 is 0 Å². The van der Waals surface area contributed by atoms with Gasteiger partial charge in [-0.05, 0) is 35.7 Å². The van der Waals surface area contributed by atoms with Gasteiger partial charge < -0.3 is 18.9 Å². The fraction of sp³-hybridized carbons (Fsp3) is 0.400. The minimum absolute atomic E-state index is 0.0203. The molecule has 0 bridgehead atoms. The summed E-state index contributed by atoms with van der Waals surface area (Å²) in [4.78, 5) is 1.28. The molecule has 2 aromatic rings. The Morgan fingerprint density at radius 3 is 2.44 bits per heavy atom. The molecule has 0 amide bonds. The van der Waals surface area contributed by atoms with Crippen LogP contribution < -0.4 is 4.74 Å². The van der Waals surface area contributed by atoms with Gasteiger partial charge in [0.05, 0.1) is 0 Å². The highest BCUT2D eigenvalue weighted by molar-refractivity contribution is 8.00. The van der Waals surface area contributed by atoms with Gasteiger partial charge >= 0.3 is 0 Å². The summed E-state index contributed by atoms with van der Waals surface area (Å²) in [6, 6.07) is 16.7. The predicted octanol–water partition coefficient (Wildman–Crippen LogP) is 4.22. The quantitative estimate of drug-likeness (QED) is 0.691. The van der Waals surface area contributed by atoms with Crippen molar-refractivity contribution in [1.82, 2.24) is 0 Å². The maximum absolute atomic E-state index is 6.04. The van der Waals surface area contributed by atoms with Gasteiger partial charge in [-0.3, -0.25) is 0 Å². The summed E-state index contributed by atoms with van der Waals surface area (Å²) >= 11 is 1.76. The Hall–Kier alpha value is -1.53. The van der Waals surface area contributed by atoms with Crippen LogP contribution in [0.4, 0.5) is 0 Å². The Kier molecular flexibility index (Phi) is 6.02. The molecule has 0 radical (unpaired) electrons. The summed E-state index contributed by atoms with van der Waals surface area (Å²) in [6.45, 7) is 2.78. The van der Waals surface area contributed by atoms with Gasteiger partial charge in [0, 0.05) is 24.5 Å². The van der Waals surface area contributed by atoms with E-state index in [1.54, 1.807) is 26.0 Å². The Morgan fingerprint density at radius 2 is 1.72 bits per heavy atom. The summed E-state index contributed by atoms with van der Waals surface area (Å²) in [5, 5.41) is 0. The van der Waals surface area contributed by atoms with Crippen LogP contribution in [0.25, 0.3) is 0 Å². The zero-order valence-corrected chi connectivity index (χ0v) is 15.7. The van der Waals surface area contributed by atoms with Crippen molar-refractivity contribution in [3.63, 3.8) is 0 Å². The zero-order valence-electron chi connectivity index (χ0n) is 14.9. The normalized spacial score (nSPS) is 22.4. The van der Waals surface area contributed by atoms with E-state index in [1.807, 2.05) is 12.1 Å². The standard InChI is InChI=1S/C20H24O4S/c1-20(16-8-10-17(11-9-16)23-13-21-2)12-15-6-4-5-7-18(15)25-19(20)24-14-22-3/h4-11,19H,12-14H2,1-3H3. The van der Waals surface area contributed by atoms with E-state index in [9.17, 15) is 0 Å². The molecular formula is C20H24O4S. The molecule has 1 aliphatic rings. The van der Waals surface area contributed by atoms with Crippen molar-refractivity contribution < 1.29 is 18.9 Å². The Bertz CT molecular complexity index is 688. The molecular weight excluding hydrogens is 336 g/mol. The van der Waals surface area contributed by atoms with Crippen LogP contribution in [-0.2, 0) is 26.0 Å². The van der Waals surface area contributed by atoms with Gasteiger partial charge in [-0.2, -0.15) is 0 Å². The van der Waals surface area contributed by atoms with E-state index in [0.29, 0.717) is 0 Å². The summed E-state index contributed by atoms with van der Waals surface area (Å²) in [5.41, 5.74) is 2.40. The maximum Gasteiger partial charge on any atom is 0.188 e. The molecule has 0 aliphatic carbocycles. The number of rotatable bonds is 7. The van der Waals surface area contributed by atoms with Crippen LogP contribution in [0, 0.1) is 0 Å². The molecule has 25 heavy (non-hydrogen) atoms. The van der Waals surface area contributed by atoms with Crippen LogP contribution in [0.1, 0.15) is 18.1 Å². The van der Waals surface area contributed by atoms with Crippen LogP contribution >= 0.6 is 11.8 Å². The number of thioether (sulfide) groups is 1. The van der Waals surface area contributed by atoms with Gasteiger partial charge in [-0.25, -0.2) is 0 Å². The molecule has 134 valence electrons. The fourth-order valence-corrected chi connectivity index (χ4v) is 4.42. The van der Waals surface area contributed by atoms with Crippen LogP contribution in [-0.4, -0.2) is 33.2 Å². The number of hydrogen-bond acceptors (Lipinski definition) is 5. The summed E-state index contributed by atoms with van der Waals surface area (Å²) in [7, 11) is 3.27. The molecule has 3 rings (SSSR count). The van der Waals surface area contributed by atoms with Gasteiger partial charge in [0.25, 0.3) is 0 Å². The number of fused-ring (bicyclic) bond motifs is 1. The van der Waals surface area contributed by atoms with Crippen LogP contribution in [0.3, 0.4) is 0 Å². The highest BCUT2D eigenvalue weighted by Gasteiger charge is 2.41. The molecule has 0 spiro atoms. The van der Waals surface area contributed by atoms with E-state index < -0.39 is 0 Å². The van der Waals surface area contributed by atoms with E-state index in [2.05, 4.69) is 43.3 Å². The van der Waals surface area contributed by atoms with Crippen molar-refractivity contribution in [2.75, 3.05) is 27.8 Å². The monoisotopic (exact) mass is 360 g/mol. The van der Waals surface area contributed by atoms with E-state index in [0.717, 1.165) is 12.2 Å². The summed E-state index contributed by atoms with van der Waals surface area (Å²) in [6.07, 6.45) is 0.919. The third kappa shape index (κ3) is 4.01. The Morgan fingerprint density at radius 1 is 1.00 bits per heavy atom. The van der Waals surface area contributed by atoms with Crippen molar-refractivity contribution in [2.24, 2.45) is 0 Å². The number of ether oxygens (including phenoxy) is 4. The molecule has 2 atom stereocenters. The molecule has 0 N–H and O–H groups in total. The van der Waals surface area contributed by atoms with E-state index in [-0.39, 0.29) is 24.4 Å². The summed E-state index contributed by atoms with van der Waals surface area (Å²) in [5.74, 6) is 0.799. The van der Waals surface area contributed by atoms with E-state index in [1.165, 1.54) is 16.0 Å². The molecule has 0 aromatic heterocycles. The lowest BCUT2D eigenvalue weighted by Gasteiger charge is -2.41. The van der Waals surface area contributed by atoms with Gasteiger partial charge in [0.15, 0.2) is 6.79 Å². The molecule has 0 saturated heterocycles. The van der Waals surface area contributed by atoms with Crippen molar-refractivity contribution >= 4 is 11.8 Å². The van der Waals surface area contributed by atoms with Gasteiger partial charge in [0.1, 0.15) is 18.0 Å². The SMILES string of the molecule is COCOc1ccc(C2(C)Cc3ccccc3SC2OCOC)cc1. The van der Waals surface area contributed by atoms with Gasteiger partial charge in [-0.1, -0.05) is 49.0 Å². The van der Waals surface area contributed by atoms with Crippen LogP contribution in [0.2, 0.25) is 0 Å². The largest absolute Gasteiger partial charge is 0.468 e. The second-order valence-corrected chi connectivity index (χ2v) is 7.40. The predicted molar refractivity (Wildman–Crippen MR) is 99.1 cm³/mol. The Balaban J connectivity index is 1.89.